The Morgan fingerprint density at radius 1 is 1.37 bits per heavy atom. The maximum absolute atomic E-state index is 12.5. The van der Waals surface area contributed by atoms with Gasteiger partial charge in [-0.15, -0.1) is 0 Å². The number of carbonyl (C=O) groups is 1. The van der Waals surface area contributed by atoms with Crippen LogP contribution in [0.25, 0.3) is 0 Å². The number of hydrogen-bond donors (Lipinski definition) is 0. The van der Waals surface area contributed by atoms with Crippen LogP contribution in [0.3, 0.4) is 0 Å². The van der Waals surface area contributed by atoms with E-state index in [0.717, 1.165) is 38.9 Å². The predicted molar refractivity (Wildman–Crippen MR) is 80.2 cm³/mol. The maximum Gasteiger partial charge on any atom is 0.167 e. The molecule has 19 heavy (non-hydrogen) atoms. The summed E-state index contributed by atoms with van der Waals surface area (Å²) in [4.78, 5) is 14.9. The molecule has 1 heterocycles. The number of carbonyl (C=O) groups excluding carboxylic acids is 1. The lowest BCUT2D eigenvalue weighted by molar-refractivity contribution is 0.0820. The van der Waals surface area contributed by atoms with E-state index in [-0.39, 0.29) is 11.7 Å². The third-order valence-corrected chi connectivity index (χ3v) is 4.36. The summed E-state index contributed by atoms with van der Waals surface area (Å²) >= 11 is 11.9. The fourth-order valence-corrected chi connectivity index (χ4v) is 2.97. The van der Waals surface area contributed by atoms with Crippen LogP contribution in [0.1, 0.15) is 36.5 Å². The van der Waals surface area contributed by atoms with E-state index in [1.54, 1.807) is 18.2 Å². The smallest absolute Gasteiger partial charge is 0.167 e. The number of nitrogens with zero attached hydrogens (tertiary/aromatic N) is 1. The van der Waals surface area contributed by atoms with Crippen LogP contribution in [0.4, 0.5) is 0 Å². The first-order valence-corrected chi connectivity index (χ1v) is 7.59. The van der Waals surface area contributed by atoms with Crippen molar-refractivity contribution in [3.8, 4) is 0 Å². The largest absolute Gasteiger partial charge is 0.303 e. The molecule has 0 aliphatic carbocycles. The molecule has 0 bridgehead atoms. The summed E-state index contributed by atoms with van der Waals surface area (Å²) in [5, 5.41) is 0.947. The Balaban J connectivity index is 2.08. The average molecular weight is 300 g/mol. The Labute approximate surface area is 124 Å². The van der Waals surface area contributed by atoms with E-state index in [1.807, 2.05) is 0 Å². The van der Waals surface area contributed by atoms with E-state index in [4.69, 9.17) is 23.2 Å². The Bertz CT molecular complexity index is 459. The number of likely N-dealkylation sites (tertiary alicyclic amines) is 1. The number of piperidine rings is 1. The van der Waals surface area contributed by atoms with Gasteiger partial charge < -0.3 is 4.90 Å². The van der Waals surface area contributed by atoms with Gasteiger partial charge in [-0.05, 0) is 50.6 Å². The van der Waals surface area contributed by atoms with Crippen LogP contribution in [0.5, 0.6) is 0 Å². The molecule has 1 atom stereocenters. The molecule has 0 N–H and O–H groups in total. The average Bonchev–Trinajstić information content (AvgIpc) is 2.42. The third kappa shape index (κ3) is 3.71. The molecule has 104 valence electrons. The number of rotatable bonds is 4. The fourth-order valence-electron chi connectivity index (χ4n) is 2.67. The second-order valence-electron chi connectivity index (χ2n) is 5.13. The van der Waals surface area contributed by atoms with Gasteiger partial charge in [0.05, 0.1) is 10.0 Å². The molecule has 0 radical (unpaired) electrons. The maximum atomic E-state index is 12.5. The van der Waals surface area contributed by atoms with Crippen LogP contribution in [-0.4, -0.2) is 30.3 Å². The molecule has 1 aliphatic rings. The van der Waals surface area contributed by atoms with Gasteiger partial charge in [0, 0.05) is 18.0 Å². The lowest BCUT2D eigenvalue weighted by atomic mass is 9.90. The van der Waals surface area contributed by atoms with Gasteiger partial charge in [0.2, 0.25) is 0 Å². The SMILES string of the molecule is CCCN1CCCC(C(=O)c2ccc(Cl)c(Cl)c2)C1. The topological polar surface area (TPSA) is 20.3 Å². The van der Waals surface area contributed by atoms with E-state index in [9.17, 15) is 4.79 Å². The molecule has 1 unspecified atom stereocenters. The fraction of sp³-hybridized carbons (Fsp3) is 0.533. The Kier molecular flexibility index (Phi) is 5.26. The monoisotopic (exact) mass is 299 g/mol. The van der Waals surface area contributed by atoms with Crippen molar-refractivity contribution in [2.24, 2.45) is 5.92 Å². The minimum absolute atomic E-state index is 0.0949. The lowest BCUT2D eigenvalue weighted by Crippen LogP contribution is -2.39. The van der Waals surface area contributed by atoms with Crippen LogP contribution >= 0.6 is 23.2 Å². The van der Waals surface area contributed by atoms with Crippen LogP contribution < -0.4 is 0 Å². The number of hydrogen-bond acceptors (Lipinski definition) is 2. The summed E-state index contributed by atoms with van der Waals surface area (Å²) < 4.78 is 0. The number of benzene rings is 1. The zero-order valence-electron chi connectivity index (χ0n) is 11.2. The highest BCUT2D eigenvalue weighted by Gasteiger charge is 2.26. The number of ketones is 1. The lowest BCUT2D eigenvalue weighted by Gasteiger charge is -2.31. The predicted octanol–water partition coefficient (Wildman–Crippen LogP) is 4.30. The molecule has 1 aromatic carbocycles. The molecule has 1 aromatic rings. The summed E-state index contributed by atoms with van der Waals surface area (Å²) in [6.45, 7) is 5.22. The van der Waals surface area contributed by atoms with E-state index in [2.05, 4.69) is 11.8 Å². The third-order valence-electron chi connectivity index (χ3n) is 3.62. The van der Waals surface area contributed by atoms with Crippen molar-refractivity contribution in [1.82, 2.24) is 4.90 Å². The zero-order valence-corrected chi connectivity index (χ0v) is 12.7. The molecule has 2 nitrogen and oxygen atoms in total. The summed E-state index contributed by atoms with van der Waals surface area (Å²) in [7, 11) is 0. The van der Waals surface area contributed by atoms with E-state index in [0.29, 0.717) is 15.6 Å². The normalized spacial score (nSPS) is 20.5. The summed E-state index contributed by atoms with van der Waals surface area (Å²) in [5.74, 6) is 0.289. The molecule has 0 spiro atoms. The molecule has 0 saturated carbocycles. The zero-order chi connectivity index (χ0) is 13.8. The standard InChI is InChI=1S/C15H19Cl2NO/c1-2-7-18-8-3-4-12(10-18)15(19)11-5-6-13(16)14(17)9-11/h5-6,9,12H,2-4,7-8,10H2,1H3. The second-order valence-corrected chi connectivity index (χ2v) is 5.95. The molecule has 0 aromatic heterocycles. The minimum atomic E-state index is 0.0949. The number of Topliss-reactive ketones (excluding diaryl/α,β-unsaturated/α-hetero) is 1. The molecular weight excluding hydrogens is 281 g/mol. The van der Waals surface area contributed by atoms with Crippen LogP contribution in [0.15, 0.2) is 18.2 Å². The summed E-state index contributed by atoms with van der Waals surface area (Å²) in [6, 6.07) is 5.16. The summed E-state index contributed by atoms with van der Waals surface area (Å²) in [5.41, 5.74) is 0.678. The number of halogens is 2. The molecule has 0 amide bonds. The van der Waals surface area contributed by atoms with Crippen molar-refractivity contribution in [3.63, 3.8) is 0 Å². The van der Waals surface area contributed by atoms with Gasteiger partial charge >= 0.3 is 0 Å². The first-order valence-electron chi connectivity index (χ1n) is 6.83. The van der Waals surface area contributed by atoms with Gasteiger partial charge in [-0.1, -0.05) is 30.1 Å². The molecule has 1 saturated heterocycles. The van der Waals surface area contributed by atoms with Crippen molar-refractivity contribution >= 4 is 29.0 Å². The van der Waals surface area contributed by atoms with Crippen LogP contribution in [-0.2, 0) is 0 Å². The summed E-state index contributed by atoms with van der Waals surface area (Å²) in [6.07, 6.45) is 3.20. The first kappa shape index (κ1) is 14.8. The Morgan fingerprint density at radius 2 is 2.16 bits per heavy atom. The van der Waals surface area contributed by atoms with Gasteiger partial charge in [0.1, 0.15) is 0 Å². The van der Waals surface area contributed by atoms with Crippen molar-refractivity contribution < 1.29 is 4.79 Å². The van der Waals surface area contributed by atoms with Gasteiger partial charge in [-0.25, -0.2) is 0 Å². The van der Waals surface area contributed by atoms with Gasteiger partial charge in [0.15, 0.2) is 5.78 Å². The van der Waals surface area contributed by atoms with E-state index in [1.165, 1.54) is 0 Å². The minimum Gasteiger partial charge on any atom is -0.303 e. The first-order chi connectivity index (χ1) is 9.11. The van der Waals surface area contributed by atoms with Crippen LogP contribution in [0.2, 0.25) is 10.0 Å². The van der Waals surface area contributed by atoms with E-state index < -0.39 is 0 Å². The van der Waals surface area contributed by atoms with Crippen molar-refractivity contribution in [2.75, 3.05) is 19.6 Å². The highest BCUT2D eigenvalue weighted by atomic mass is 35.5. The Hall–Kier alpha value is -0.570. The van der Waals surface area contributed by atoms with Gasteiger partial charge in [-0.3, -0.25) is 4.79 Å². The molecule has 1 aliphatic heterocycles. The van der Waals surface area contributed by atoms with Crippen molar-refractivity contribution in [3.05, 3.63) is 33.8 Å². The van der Waals surface area contributed by atoms with E-state index >= 15 is 0 Å². The molecular formula is C15H19Cl2NO. The molecule has 4 heteroatoms. The van der Waals surface area contributed by atoms with Crippen molar-refractivity contribution in [1.29, 1.82) is 0 Å². The Morgan fingerprint density at radius 3 is 2.84 bits per heavy atom. The van der Waals surface area contributed by atoms with Gasteiger partial charge in [0.25, 0.3) is 0 Å². The van der Waals surface area contributed by atoms with Crippen LogP contribution in [0, 0.1) is 5.92 Å². The molecule has 2 rings (SSSR count). The molecule has 1 fully saturated rings. The highest BCUT2D eigenvalue weighted by Crippen LogP contribution is 2.26. The second kappa shape index (κ2) is 6.74. The van der Waals surface area contributed by atoms with Gasteiger partial charge in [-0.2, -0.15) is 0 Å². The highest BCUT2D eigenvalue weighted by molar-refractivity contribution is 6.42. The quantitative estimate of drug-likeness (QED) is 0.773. The van der Waals surface area contributed by atoms with Crippen molar-refractivity contribution in [2.45, 2.75) is 26.2 Å².